The molecule has 1 saturated carbocycles. The number of hydrogen-bond acceptors (Lipinski definition) is 5. The summed E-state index contributed by atoms with van der Waals surface area (Å²) in [5.74, 6) is 1.85. The van der Waals surface area contributed by atoms with Crippen molar-refractivity contribution < 1.29 is 23.5 Å². The van der Waals surface area contributed by atoms with Crippen LogP contribution >= 0.6 is 0 Å². The number of hydrogen-bond donors (Lipinski definition) is 2. The summed E-state index contributed by atoms with van der Waals surface area (Å²) in [5, 5.41) is 8.20. The van der Waals surface area contributed by atoms with E-state index in [0.717, 1.165) is 42.0 Å². The van der Waals surface area contributed by atoms with Gasteiger partial charge in [-0.15, -0.1) is 0 Å². The summed E-state index contributed by atoms with van der Waals surface area (Å²) >= 11 is 0. The largest absolute Gasteiger partial charge is 0.457 e. The Balaban J connectivity index is 1.08. The molecule has 7 nitrogen and oxygen atoms in total. The lowest BCUT2D eigenvalue weighted by molar-refractivity contribution is 0.0691. The highest BCUT2D eigenvalue weighted by Gasteiger charge is 2.24. The summed E-state index contributed by atoms with van der Waals surface area (Å²) in [7, 11) is 0. The fourth-order valence-electron chi connectivity index (χ4n) is 5.25. The van der Waals surface area contributed by atoms with Gasteiger partial charge in [0.2, 0.25) is 0 Å². The van der Waals surface area contributed by atoms with Crippen LogP contribution in [0.15, 0.2) is 60.7 Å². The highest BCUT2D eigenvalue weighted by molar-refractivity contribution is 5.95. The van der Waals surface area contributed by atoms with E-state index in [1.54, 1.807) is 36.4 Å². The third-order valence-electron chi connectivity index (χ3n) is 8.14. The number of piperidine rings is 1. The monoisotopic (exact) mass is 585 g/mol. The van der Waals surface area contributed by atoms with Crippen molar-refractivity contribution in [2.24, 2.45) is 11.8 Å². The van der Waals surface area contributed by atoms with Crippen LogP contribution in [0.3, 0.4) is 0 Å². The Morgan fingerprint density at radius 3 is 2.30 bits per heavy atom. The molecule has 5 rings (SSSR count). The number of nitrogens with zero attached hydrogens (tertiary/aromatic N) is 1. The zero-order chi connectivity index (χ0) is 30.2. The Hall–Kier alpha value is -4.17. The van der Waals surface area contributed by atoms with Crippen molar-refractivity contribution >= 4 is 24.6 Å². The Morgan fingerprint density at radius 2 is 1.63 bits per heavy atom. The first-order valence-corrected chi connectivity index (χ1v) is 15.1. The maximum absolute atomic E-state index is 13.1. The average Bonchev–Trinajstić information content (AvgIpc) is 3.85. The first kappa shape index (κ1) is 30.3. The third-order valence-corrected chi connectivity index (χ3v) is 8.14. The Bertz CT molecular complexity index is 1510. The van der Waals surface area contributed by atoms with E-state index in [0.29, 0.717) is 60.7 Å². The Morgan fingerprint density at radius 1 is 0.953 bits per heavy atom. The van der Waals surface area contributed by atoms with Crippen LogP contribution in [0, 0.1) is 24.6 Å². The molecule has 2 N–H and O–H groups in total. The van der Waals surface area contributed by atoms with E-state index in [-0.39, 0.29) is 17.6 Å². The maximum Gasteiger partial charge on any atom is 0.253 e. The molecule has 8 heteroatoms. The Labute approximate surface area is 252 Å². The number of rotatable bonds is 12. The molecule has 0 radical (unpaired) electrons. The van der Waals surface area contributed by atoms with Crippen LogP contribution in [0.1, 0.15) is 52.0 Å². The van der Waals surface area contributed by atoms with Gasteiger partial charge < -0.3 is 25.0 Å². The molecule has 0 unspecified atom stereocenters. The highest BCUT2D eigenvalue weighted by Crippen LogP contribution is 2.28. The van der Waals surface area contributed by atoms with Gasteiger partial charge in [-0.2, -0.15) is 0 Å². The molecule has 0 bridgehead atoms. The number of nitrogens with one attached hydrogen (secondary N) is 2. The van der Waals surface area contributed by atoms with E-state index in [9.17, 15) is 14.0 Å². The number of halogens is 1. The second kappa shape index (κ2) is 14.3. The van der Waals surface area contributed by atoms with E-state index in [4.69, 9.17) is 9.47 Å². The van der Waals surface area contributed by atoms with Gasteiger partial charge in [-0.3, -0.25) is 9.59 Å². The topological polar surface area (TPSA) is 79.9 Å². The molecule has 1 aliphatic carbocycles. The van der Waals surface area contributed by atoms with Crippen molar-refractivity contribution in [3.05, 3.63) is 93.6 Å². The van der Waals surface area contributed by atoms with Crippen LogP contribution in [0.2, 0.25) is 0 Å². The minimum atomic E-state index is -0.319. The lowest BCUT2D eigenvalue weighted by atomic mass is 9.96. The molecule has 2 aliphatic rings. The van der Waals surface area contributed by atoms with Gasteiger partial charge in [-0.25, -0.2) is 4.39 Å². The van der Waals surface area contributed by atoms with Crippen molar-refractivity contribution in [2.75, 3.05) is 39.4 Å². The fourth-order valence-corrected chi connectivity index (χ4v) is 5.25. The summed E-state index contributed by atoms with van der Waals surface area (Å²) in [5.41, 5.74) is 2.15. The van der Waals surface area contributed by atoms with Crippen molar-refractivity contribution in [3.8, 4) is 11.5 Å². The normalized spacial score (nSPS) is 15.8. The van der Waals surface area contributed by atoms with Crippen LogP contribution < -0.4 is 25.8 Å². The van der Waals surface area contributed by atoms with Crippen molar-refractivity contribution in [2.45, 2.75) is 32.6 Å². The van der Waals surface area contributed by atoms with Gasteiger partial charge in [-0.1, -0.05) is 12.6 Å². The first-order chi connectivity index (χ1) is 20.9. The number of benzene rings is 3. The van der Waals surface area contributed by atoms with Crippen molar-refractivity contribution in [3.63, 3.8) is 0 Å². The zero-order valence-electron chi connectivity index (χ0n) is 24.7. The molecule has 2 fully saturated rings. The van der Waals surface area contributed by atoms with Gasteiger partial charge in [0.05, 0.1) is 6.61 Å². The number of amides is 2. The second-order valence-electron chi connectivity index (χ2n) is 11.5. The van der Waals surface area contributed by atoms with Crippen molar-refractivity contribution in [1.29, 1.82) is 0 Å². The summed E-state index contributed by atoms with van der Waals surface area (Å²) < 4.78 is 24.5. The SMILES string of the molecule is C=c1ccc(C(=O)NCCOCC2CC2)c(C)/c1=C/NCC1CCN(C(=O)c2ccc(Oc3ccc(F)cc3)cc2)CC1. The molecule has 3 aromatic rings. The minimum absolute atomic E-state index is 0.00759. The van der Waals surface area contributed by atoms with Gasteiger partial charge in [-0.05, 0) is 110 Å². The van der Waals surface area contributed by atoms with Crippen LogP contribution in [0.5, 0.6) is 11.5 Å². The highest BCUT2D eigenvalue weighted by atomic mass is 19.1. The third kappa shape index (κ3) is 8.45. The minimum Gasteiger partial charge on any atom is -0.457 e. The molecular formula is C35H40FN3O4. The Kier molecular flexibility index (Phi) is 10.1. The lowest BCUT2D eigenvalue weighted by Gasteiger charge is -2.32. The van der Waals surface area contributed by atoms with Gasteiger partial charge in [0, 0.05) is 55.3 Å². The molecule has 2 amide bonds. The maximum atomic E-state index is 13.1. The van der Waals surface area contributed by atoms with Gasteiger partial charge in [0.15, 0.2) is 0 Å². The smallest absolute Gasteiger partial charge is 0.253 e. The predicted molar refractivity (Wildman–Crippen MR) is 166 cm³/mol. The molecule has 3 aromatic carbocycles. The molecule has 1 saturated heterocycles. The molecule has 0 atom stereocenters. The molecule has 226 valence electrons. The summed E-state index contributed by atoms with van der Waals surface area (Å²) in [6.45, 7) is 10.1. The summed E-state index contributed by atoms with van der Waals surface area (Å²) in [4.78, 5) is 27.8. The summed E-state index contributed by atoms with van der Waals surface area (Å²) in [6.07, 6.45) is 6.27. The number of carbonyl (C=O) groups excluding carboxylic acids is 2. The first-order valence-electron chi connectivity index (χ1n) is 15.1. The molecule has 0 aromatic heterocycles. The van der Waals surface area contributed by atoms with Crippen LogP contribution in [0.25, 0.3) is 12.8 Å². The van der Waals surface area contributed by atoms with Gasteiger partial charge in [0.1, 0.15) is 17.3 Å². The van der Waals surface area contributed by atoms with Crippen LogP contribution in [0.4, 0.5) is 4.39 Å². The molecule has 43 heavy (non-hydrogen) atoms. The molecular weight excluding hydrogens is 545 g/mol. The van der Waals surface area contributed by atoms with Gasteiger partial charge in [0.25, 0.3) is 11.8 Å². The van der Waals surface area contributed by atoms with Crippen molar-refractivity contribution in [1.82, 2.24) is 15.5 Å². The van der Waals surface area contributed by atoms with Gasteiger partial charge >= 0.3 is 0 Å². The van der Waals surface area contributed by atoms with Crippen LogP contribution in [-0.4, -0.2) is 56.1 Å². The van der Waals surface area contributed by atoms with Crippen LogP contribution in [-0.2, 0) is 4.74 Å². The molecule has 0 spiro atoms. The zero-order valence-corrected chi connectivity index (χ0v) is 24.7. The average molecular weight is 586 g/mol. The fraction of sp³-hybridized carbons (Fsp3) is 0.371. The predicted octanol–water partition coefficient (Wildman–Crippen LogP) is 4.37. The standard InChI is InChI=1S/C35H40FN3O4/c1-24-3-14-32(34(40)38-17-20-42-23-27-4-5-27)25(2)33(24)22-37-21-26-15-18-39(19-16-26)35(41)28-6-10-30(11-7-28)43-31-12-8-29(36)9-13-31/h3,6-14,22,26-27,37H,1,4-5,15-21,23H2,2H3,(H,38,40)/b33-22+. The van der Waals surface area contributed by atoms with E-state index in [1.807, 2.05) is 30.2 Å². The van der Waals surface area contributed by atoms with E-state index in [2.05, 4.69) is 17.2 Å². The molecule has 1 heterocycles. The van der Waals surface area contributed by atoms with E-state index in [1.165, 1.54) is 25.0 Å². The molecule has 1 aliphatic heterocycles. The summed E-state index contributed by atoms with van der Waals surface area (Å²) in [6, 6.07) is 16.6. The quantitative estimate of drug-likeness (QED) is 0.309. The number of ether oxygens (including phenoxy) is 2. The second-order valence-corrected chi connectivity index (χ2v) is 11.5. The van der Waals surface area contributed by atoms with E-state index < -0.39 is 0 Å². The van der Waals surface area contributed by atoms with E-state index >= 15 is 0 Å². The lowest BCUT2D eigenvalue weighted by Crippen LogP contribution is -2.40. The number of carbonyl (C=O) groups is 2. The number of likely N-dealkylation sites (tertiary alicyclic amines) is 1.